The van der Waals surface area contributed by atoms with E-state index in [-0.39, 0.29) is 9.92 Å². The number of aromatic nitrogens is 2. The molecule has 0 amide bonds. The molecule has 20 heavy (non-hydrogen) atoms. The Morgan fingerprint density at radius 2 is 2.05 bits per heavy atom. The largest absolute Gasteiger partial charge is 0.265 e. The Bertz CT molecular complexity index is 677. The number of hydrogen-bond acceptors (Lipinski definition) is 4. The van der Waals surface area contributed by atoms with Crippen molar-refractivity contribution in [3.63, 3.8) is 0 Å². The van der Waals surface area contributed by atoms with Crippen LogP contribution in [-0.2, 0) is 10.0 Å². The number of sulfonamides is 1. The van der Waals surface area contributed by atoms with Gasteiger partial charge in [-0.25, -0.2) is 8.42 Å². The van der Waals surface area contributed by atoms with E-state index in [1.165, 1.54) is 29.0 Å². The second-order valence-electron chi connectivity index (χ2n) is 4.13. The van der Waals surface area contributed by atoms with Gasteiger partial charge in [-0.15, -0.1) is 0 Å². The molecule has 0 unspecified atom stereocenters. The van der Waals surface area contributed by atoms with Gasteiger partial charge in [0.2, 0.25) is 0 Å². The van der Waals surface area contributed by atoms with Crippen molar-refractivity contribution in [2.45, 2.75) is 18.2 Å². The first-order chi connectivity index (χ1) is 9.55. The molecule has 0 saturated heterocycles. The van der Waals surface area contributed by atoms with Gasteiger partial charge in [0.15, 0.2) is 0 Å². The van der Waals surface area contributed by atoms with Gasteiger partial charge in [0.05, 0.1) is 16.9 Å². The fourth-order valence-electron chi connectivity index (χ4n) is 1.75. The van der Waals surface area contributed by atoms with Crippen LogP contribution in [0.15, 0.2) is 47.9 Å². The molecule has 2 heterocycles. The van der Waals surface area contributed by atoms with Crippen LogP contribution in [0.4, 0.5) is 5.69 Å². The third kappa shape index (κ3) is 3.08. The van der Waals surface area contributed by atoms with Gasteiger partial charge in [0.1, 0.15) is 4.90 Å². The topological polar surface area (TPSA) is 63.2 Å². The molecule has 0 aliphatic heterocycles. The summed E-state index contributed by atoms with van der Waals surface area (Å²) in [5.74, 6) is 0. The molecule has 0 saturated carbocycles. The second-order valence-corrected chi connectivity index (χ2v) is 6.43. The second kappa shape index (κ2) is 6.19. The molecule has 2 aromatic rings. The Morgan fingerprint density at radius 1 is 1.25 bits per heavy atom. The van der Waals surface area contributed by atoms with Gasteiger partial charge in [-0.1, -0.05) is 18.5 Å². The van der Waals surface area contributed by atoms with E-state index in [2.05, 4.69) is 9.97 Å². The molecule has 0 atom stereocenters. The molecule has 0 spiro atoms. The van der Waals surface area contributed by atoms with Crippen LogP contribution in [0.1, 0.15) is 13.3 Å². The van der Waals surface area contributed by atoms with Crippen molar-refractivity contribution in [2.75, 3.05) is 10.8 Å². The van der Waals surface area contributed by atoms with Crippen molar-refractivity contribution in [3.8, 4) is 0 Å². The lowest BCUT2D eigenvalue weighted by atomic mass is 10.4. The lowest BCUT2D eigenvalue weighted by molar-refractivity contribution is 0.589. The van der Waals surface area contributed by atoms with Crippen molar-refractivity contribution in [1.29, 1.82) is 0 Å². The van der Waals surface area contributed by atoms with Gasteiger partial charge in [-0.3, -0.25) is 14.3 Å². The molecular formula is C13H14ClN3O2S. The highest BCUT2D eigenvalue weighted by Crippen LogP contribution is 2.24. The summed E-state index contributed by atoms with van der Waals surface area (Å²) >= 11 is 5.82. The number of anilines is 1. The van der Waals surface area contributed by atoms with Crippen LogP contribution in [0.25, 0.3) is 0 Å². The normalized spacial score (nSPS) is 11.3. The van der Waals surface area contributed by atoms with Gasteiger partial charge in [0, 0.05) is 25.1 Å². The minimum absolute atomic E-state index is 0.0716. The fourth-order valence-corrected chi connectivity index (χ4v) is 3.52. The molecule has 106 valence electrons. The summed E-state index contributed by atoms with van der Waals surface area (Å²) in [5, 5.41) is 0.286. The molecule has 2 aromatic heterocycles. The van der Waals surface area contributed by atoms with Crippen LogP contribution in [0.5, 0.6) is 0 Å². The van der Waals surface area contributed by atoms with E-state index in [1.807, 2.05) is 6.92 Å². The summed E-state index contributed by atoms with van der Waals surface area (Å²) in [5.41, 5.74) is 0.523. The molecule has 5 nitrogen and oxygen atoms in total. The zero-order valence-electron chi connectivity index (χ0n) is 10.9. The van der Waals surface area contributed by atoms with Crippen LogP contribution < -0.4 is 4.31 Å². The molecule has 0 fully saturated rings. The zero-order chi connectivity index (χ0) is 14.6. The van der Waals surface area contributed by atoms with Crippen LogP contribution in [-0.4, -0.2) is 24.9 Å². The van der Waals surface area contributed by atoms with Gasteiger partial charge in [0.25, 0.3) is 10.0 Å². The lowest BCUT2D eigenvalue weighted by Gasteiger charge is -2.23. The molecule has 0 N–H and O–H groups in total. The first kappa shape index (κ1) is 14.7. The molecule has 0 aliphatic carbocycles. The third-order valence-electron chi connectivity index (χ3n) is 2.63. The average molecular weight is 312 g/mol. The van der Waals surface area contributed by atoms with Gasteiger partial charge in [-0.05, 0) is 24.6 Å². The Labute approximate surface area is 123 Å². The molecular weight excluding hydrogens is 298 g/mol. The Hall–Kier alpha value is -1.66. The summed E-state index contributed by atoms with van der Waals surface area (Å²) in [7, 11) is -3.69. The van der Waals surface area contributed by atoms with Crippen molar-refractivity contribution < 1.29 is 8.42 Å². The van der Waals surface area contributed by atoms with Crippen molar-refractivity contribution >= 4 is 27.3 Å². The molecule has 0 bridgehead atoms. The predicted molar refractivity (Wildman–Crippen MR) is 78.3 cm³/mol. The number of rotatable bonds is 5. The Kier molecular flexibility index (Phi) is 4.57. The summed E-state index contributed by atoms with van der Waals surface area (Å²) in [6, 6.07) is 4.80. The number of hydrogen-bond donors (Lipinski definition) is 0. The van der Waals surface area contributed by atoms with E-state index in [0.29, 0.717) is 18.7 Å². The number of nitrogens with zero attached hydrogens (tertiary/aromatic N) is 3. The van der Waals surface area contributed by atoms with Crippen LogP contribution in [0.2, 0.25) is 5.02 Å². The van der Waals surface area contributed by atoms with Crippen molar-refractivity contribution in [2.24, 2.45) is 0 Å². The highest BCUT2D eigenvalue weighted by Gasteiger charge is 2.24. The molecule has 0 aliphatic rings. The molecule has 0 aromatic carbocycles. The van der Waals surface area contributed by atoms with Crippen LogP contribution in [0.3, 0.4) is 0 Å². The zero-order valence-corrected chi connectivity index (χ0v) is 12.5. The van der Waals surface area contributed by atoms with Crippen LogP contribution in [0, 0.1) is 0 Å². The monoisotopic (exact) mass is 311 g/mol. The minimum atomic E-state index is -3.69. The molecule has 2 rings (SSSR count). The standard InChI is InChI=1S/C13H14ClN3O2S/c1-2-6-17(12-4-3-5-15-9-12)20(18,19)13-7-11(14)8-16-10-13/h3-5,7-10H,2,6H2,1H3. The fraction of sp³-hybridized carbons (Fsp3) is 0.231. The summed E-state index contributed by atoms with van der Waals surface area (Å²) in [4.78, 5) is 7.87. The minimum Gasteiger partial charge on any atom is -0.265 e. The van der Waals surface area contributed by atoms with Gasteiger partial charge < -0.3 is 0 Å². The quantitative estimate of drug-likeness (QED) is 0.851. The predicted octanol–water partition coefficient (Wildman–Crippen LogP) is 2.74. The average Bonchev–Trinajstić information content (AvgIpc) is 2.45. The first-order valence-corrected chi connectivity index (χ1v) is 7.91. The van der Waals surface area contributed by atoms with E-state index < -0.39 is 10.0 Å². The number of pyridine rings is 2. The number of halogens is 1. The molecule has 7 heteroatoms. The maximum Gasteiger partial charge on any atom is 0.265 e. The van der Waals surface area contributed by atoms with E-state index in [4.69, 9.17) is 11.6 Å². The maximum atomic E-state index is 12.7. The van der Waals surface area contributed by atoms with E-state index in [9.17, 15) is 8.42 Å². The van der Waals surface area contributed by atoms with Crippen molar-refractivity contribution in [1.82, 2.24) is 9.97 Å². The first-order valence-electron chi connectivity index (χ1n) is 6.09. The third-order valence-corrected chi connectivity index (χ3v) is 4.63. The summed E-state index contributed by atoms with van der Waals surface area (Å²) < 4.78 is 26.7. The lowest BCUT2D eigenvalue weighted by Crippen LogP contribution is -2.31. The summed E-state index contributed by atoms with van der Waals surface area (Å²) in [6.45, 7) is 2.27. The van der Waals surface area contributed by atoms with E-state index >= 15 is 0 Å². The Balaban J connectivity index is 2.48. The molecule has 0 radical (unpaired) electrons. The van der Waals surface area contributed by atoms with Gasteiger partial charge >= 0.3 is 0 Å². The van der Waals surface area contributed by atoms with Crippen molar-refractivity contribution in [3.05, 3.63) is 48.0 Å². The SMILES string of the molecule is CCCN(c1cccnc1)S(=O)(=O)c1cncc(Cl)c1. The maximum absolute atomic E-state index is 12.7. The smallest absolute Gasteiger partial charge is 0.265 e. The van der Waals surface area contributed by atoms with Crippen LogP contribution >= 0.6 is 11.6 Å². The van der Waals surface area contributed by atoms with E-state index in [0.717, 1.165) is 0 Å². The van der Waals surface area contributed by atoms with Gasteiger partial charge in [-0.2, -0.15) is 0 Å². The highest BCUT2D eigenvalue weighted by atomic mass is 35.5. The Morgan fingerprint density at radius 3 is 2.65 bits per heavy atom. The summed E-state index contributed by atoms with van der Waals surface area (Å²) in [6.07, 6.45) is 6.49. The highest BCUT2D eigenvalue weighted by molar-refractivity contribution is 7.92. The van der Waals surface area contributed by atoms with E-state index in [1.54, 1.807) is 18.3 Å².